The highest BCUT2D eigenvalue weighted by Gasteiger charge is 2.23. The molecule has 7 heteroatoms. The second-order valence-electron chi connectivity index (χ2n) is 7.55. The molecule has 3 rings (SSSR count). The number of carbonyl (C=O) groups is 1. The summed E-state index contributed by atoms with van der Waals surface area (Å²) in [6, 6.07) is 17.9. The predicted molar refractivity (Wildman–Crippen MR) is 128 cm³/mol. The maximum Gasteiger partial charge on any atom is 0.252 e. The van der Waals surface area contributed by atoms with E-state index >= 15 is 0 Å². The van der Waals surface area contributed by atoms with Gasteiger partial charge in [-0.05, 0) is 50.6 Å². The number of nitrogens with one attached hydrogen (secondary N) is 3. The Morgan fingerprint density at radius 2 is 1.68 bits per heavy atom. The van der Waals surface area contributed by atoms with E-state index in [-0.39, 0.29) is 11.9 Å². The maximum atomic E-state index is 12.3. The quantitative estimate of drug-likeness (QED) is 0.316. The highest BCUT2D eigenvalue weighted by atomic mass is 35.5. The van der Waals surface area contributed by atoms with Crippen LogP contribution in [0.15, 0.2) is 59.6 Å². The topological polar surface area (TPSA) is 68.8 Å². The summed E-state index contributed by atoms with van der Waals surface area (Å²) < 4.78 is 0. The number of hydrogen-bond donors (Lipinski definition) is 3. The standard InChI is InChI=1S/C24H32ClN5O/c1-2-26-24(28-15-14-27-23(31)20-12-6-7-13-21(20)25)29-18-22(30-16-8-9-17-30)19-10-4-3-5-11-19/h3-7,10-13,22H,2,8-9,14-18H2,1H3,(H,27,31)(H2,26,28,29). The van der Waals surface area contributed by atoms with Gasteiger partial charge in [-0.1, -0.05) is 54.1 Å². The lowest BCUT2D eigenvalue weighted by Crippen LogP contribution is -2.42. The van der Waals surface area contributed by atoms with Gasteiger partial charge in [-0.15, -0.1) is 0 Å². The van der Waals surface area contributed by atoms with Crippen LogP contribution in [-0.4, -0.2) is 56.0 Å². The van der Waals surface area contributed by atoms with E-state index < -0.39 is 0 Å². The lowest BCUT2D eigenvalue weighted by atomic mass is 10.1. The highest BCUT2D eigenvalue weighted by Crippen LogP contribution is 2.25. The minimum absolute atomic E-state index is 0.174. The van der Waals surface area contributed by atoms with Crippen LogP contribution in [0.4, 0.5) is 0 Å². The van der Waals surface area contributed by atoms with Crippen LogP contribution in [-0.2, 0) is 0 Å². The van der Waals surface area contributed by atoms with Crippen LogP contribution in [0.2, 0.25) is 5.02 Å². The van der Waals surface area contributed by atoms with Crippen molar-refractivity contribution in [3.8, 4) is 0 Å². The first-order chi connectivity index (χ1) is 15.2. The first-order valence-electron chi connectivity index (χ1n) is 11.0. The summed E-state index contributed by atoms with van der Waals surface area (Å²) in [7, 11) is 0. The minimum atomic E-state index is -0.174. The van der Waals surface area contributed by atoms with Gasteiger partial charge < -0.3 is 16.0 Å². The van der Waals surface area contributed by atoms with Crippen molar-refractivity contribution in [2.24, 2.45) is 4.99 Å². The molecular weight excluding hydrogens is 410 g/mol. The molecule has 0 aromatic heterocycles. The molecule has 0 bridgehead atoms. The fourth-order valence-electron chi connectivity index (χ4n) is 3.78. The van der Waals surface area contributed by atoms with Gasteiger partial charge in [0, 0.05) is 19.6 Å². The van der Waals surface area contributed by atoms with Gasteiger partial charge >= 0.3 is 0 Å². The third-order valence-electron chi connectivity index (χ3n) is 5.35. The highest BCUT2D eigenvalue weighted by molar-refractivity contribution is 6.33. The lowest BCUT2D eigenvalue weighted by Gasteiger charge is -2.27. The first-order valence-corrected chi connectivity index (χ1v) is 11.4. The molecule has 1 fully saturated rings. The van der Waals surface area contributed by atoms with E-state index in [0.717, 1.165) is 25.6 Å². The van der Waals surface area contributed by atoms with Gasteiger partial charge in [0.1, 0.15) is 0 Å². The molecule has 1 aliphatic heterocycles. The van der Waals surface area contributed by atoms with Crippen LogP contribution in [0.3, 0.4) is 0 Å². The largest absolute Gasteiger partial charge is 0.357 e. The van der Waals surface area contributed by atoms with Gasteiger partial charge in [0.25, 0.3) is 5.91 Å². The van der Waals surface area contributed by atoms with Crippen LogP contribution in [0, 0.1) is 0 Å². The number of halogens is 1. The predicted octanol–water partition coefficient (Wildman–Crippen LogP) is 3.46. The van der Waals surface area contributed by atoms with Crippen LogP contribution < -0.4 is 16.0 Å². The molecule has 2 aromatic rings. The lowest BCUT2D eigenvalue weighted by molar-refractivity contribution is 0.0954. The van der Waals surface area contributed by atoms with Crippen molar-refractivity contribution < 1.29 is 4.79 Å². The van der Waals surface area contributed by atoms with E-state index in [9.17, 15) is 4.79 Å². The summed E-state index contributed by atoms with van der Waals surface area (Å²) >= 11 is 6.09. The van der Waals surface area contributed by atoms with Crippen molar-refractivity contribution in [3.05, 3.63) is 70.7 Å². The zero-order valence-electron chi connectivity index (χ0n) is 18.1. The van der Waals surface area contributed by atoms with Crippen LogP contribution in [0.5, 0.6) is 0 Å². The molecule has 31 heavy (non-hydrogen) atoms. The molecule has 1 aliphatic rings. The number of nitrogens with zero attached hydrogens (tertiary/aromatic N) is 2. The number of aliphatic imine (C=N–C) groups is 1. The molecule has 1 unspecified atom stereocenters. The molecule has 3 N–H and O–H groups in total. The first kappa shape index (κ1) is 23.1. The van der Waals surface area contributed by atoms with E-state index in [1.807, 2.05) is 13.0 Å². The van der Waals surface area contributed by atoms with E-state index in [1.54, 1.807) is 18.2 Å². The van der Waals surface area contributed by atoms with Gasteiger partial charge in [0.15, 0.2) is 5.96 Å². The molecule has 1 heterocycles. The van der Waals surface area contributed by atoms with E-state index in [2.05, 4.69) is 51.2 Å². The van der Waals surface area contributed by atoms with Gasteiger partial charge in [-0.2, -0.15) is 0 Å². The number of benzene rings is 2. The summed E-state index contributed by atoms with van der Waals surface area (Å²) in [5.41, 5.74) is 1.79. The van der Waals surface area contributed by atoms with E-state index in [4.69, 9.17) is 16.6 Å². The van der Waals surface area contributed by atoms with Crippen LogP contribution in [0.1, 0.15) is 41.7 Å². The number of hydrogen-bond acceptors (Lipinski definition) is 3. The van der Waals surface area contributed by atoms with E-state index in [0.29, 0.717) is 30.2 Å². The Bertz CT molecular complexity index is 852. The average molecular weight is 442 g/mol. The Balaban J connectivity index is 1.55. The van der Waals surface area contributed by atoms with Crippen molar-refractivity contribution in [2.45, 2.75) is 25.8 Å². The Labute approximate surface area is 190 Å². The fraction of sp³-hybridized carbons (Fsp3) is 0.417. The zero-order chi connectivity index (χ0) is 21.9. The molecule has 1 atom stereocenters. The summed E-state index contributed by atoms with van der Waals surface area (Å²) in [6.45, 7) is 6.79. The second-order valence-corrected chi connectivity index (χ2v) is 7.96. The summed E-state index contributed by atoms with van der Waals surface area (Å²) in [6.07, 6.45) is 2.49. The summed E-state index contributed by atoms with van der Waals surface area (Å²) in [5, 5.41) is 9.96. The zero-order valence-corrected chi connectivity index (χ0v) is 18.9. The molecule has 0 aliphatic carbocycles. The number of rotatable bonds is 9. The number of amides is 1. The number of guanidine groups is 1. The van der Waals surface area contributed by atoms with Crippen molar-refractivity contribution >= 4 is 23.5 Å². The molecule has 1 saturated heterocycles. The van der Waals surface area contributed by atoms with Gasteiger partial charge in [-0.25, -0.2) is 0 Å². The SMILES string of the molecule is CCNC(=NCC(c1ccccc1)N1CCCC1)NCCNC(=O)c1ccccc1Cl. The van der Waals surface area contributed by atoms with Crippen molar-refractivity contribution in [1.82, 2.24) is 20.9 Å². The fourth-order valence-corrected chi connectivity index (χ4v) is 4.00. The Morgan fingerprint density at radius 3 is 2.39 bits per heavy atom. The monoisotopic (exact) mass is 441 g/mol. The molecule has 0 spiro atoms. The molecule has 0 radical (unpaired) electrons. The summed E-state index contributed by atoms with van der Waals surface area (Å²) in [4.78, 5) is 19.6. The van der Waals surface area contributed by atoms with Gasteiger partial charge in [0.05, 0.1) is 23.2 Å². The summed E-state index contributed by atoms with van der Waals surface area (Å²) in [5.74, 6) is 0.585. The number of carbonyl (C=O) groups excluding carboxylic acids is 1. The van der Waals surface area contributed by atoms with E-state index in [1.165, 1.54) is 18.4 Å². The van der Waals surface area contributed by atoms with Crippen molar-refractivity contribution in [3.63, 3.8) is 0 Å². The van der Waals surface area contributed by atoms with Crippen molar-refractivity contribution in [1.29, 1.82) is 0 Å². The minimum Gasteiger partial charge on any atom is -0.357 e. The normalized spacial score (nSPS) is 15.5. The molecule has 2 aromatic carbocycles. The maximum absolute atomic E-state index is 12.3. The van der Waals surface area contributed by atoms with Gasteiger partial charge in [-0.3, -0.25) is 14.7 Å². The third kappa shape index (κ3) is 6.97. The van der Waals surface area contributed by atoms with Crippen molar-refractivity contribution in [2.75, 3.05) is 39.3 Å². The van der Waals surface area contributed by atoms with Gasteiger partial charge in [0.2, 0.25) is 0 Å². The Morgan fingerprint density at radius 1 is 1.00 bits per heavy atom. The van der Waals surface area contributed by atoms with Crippen LogP contribution in [0.25, 0.3) is 0 Å². The second kappa shape index (κ2) is 12.3. The Kier molecular flexibility index (Phi) is 9.18. The molecule has 0 saturated carbocycles. The van der Waals surface area contributed by atoms with Crippen LogP contribution >= 0.6 is 11.6 Å². The molecular formula is C24H32ClN5O. The average Bonchev–Trinajstić information content (AvgIpc) is 3.32. The molecule has 1 amide bonds. The smallest absolute Gasteiger partial charge is 0.252 e. The number of likely N-dealkylation sites (tertiary alicyclic amines) is 1. The molecule has 6 nitrogen and oxygen atoms in total. The molecule has 166 valence electrons. The third-order valence-corrected chi connectivity index (χ3v) is 5.68. The Hall–Kier alpha value is -2.57.